The minimum atomic E-state index is -3.63. The Morgan fingerprint density at radius 2 is 1.90 bits per heavy atom. The first-order valence-corrected chi connectivity index (χ1v) is 7.73. The molecule has 0 aliphatic heterocycles. The van der Waals surface area contributed by atoms with E-state index in [4.69, 9.17) is 5.73 Å². The Morgan fingerprint density at radius 1 is 1.20 bits per heavy atom. The zero-order valence-corrected chi connectivity index (χ0v) is 12.0. The van der Waals surface area contributed by atoms with Gasteiger partial charge in [-0.2, -0.15) is 4.31 Å². The molecule has 2 aromatic rings. The zero-order valence-electron chi connectivity index (χ0n) is 11.2. The maximum Gasteiger partial charge on any atom is 0.246 e. The highest BCUT2D eigenvalue weighted by Crippen LogP contribution is 2.22. The molecule has 5 nitrogen and oxygen atoms in total. The van der Waals surface area contributed by atoms with Gasteiger partial charge in [-0.15, -0.1) is 0 Å². The van der Waals surface area contributed by atoms with Crippen molar-refractivity contribution in [2.24, 2.45) is 0 Å². The third-order valence-corrected chi connectivity index (χ3v) is 4.95. The molecule has 0 saturated carbocycles. The van der Waals surface area contributed by atoms with Crippen LogP contribution in [0, 0.1) is 0 Å². The molecule has 0 aliphatic carbocycles. The fourth-order valence-electron chi connectivity index (χ4n) is 1.90. The van der Waals surface area contributed by atoms with Gasteiger partial charge >= 0.3 is 0 Å². The van der Waals surface area contributed by atoms with Gasteiger partial charge in [0.15, 0.2) is 0 Å². The molecule has 0 saturated heterocycles. The number of pyridine rings is 1. The zero-order chi connectivity index (χ0) is 14.6. The minimum Gasteiger partial charge on any atom is -0.398 e. The van der Waals surface area contributed by atoms with E-state index in [1.165, 1.54) is 22.8 Å². The molecule has 0 fully saturated rings. The Morgan fingerprint density at radius 3 is 2.50 bits per heavy atom. The van der Waals surface area contributed by atoms with E-state index in [0.29, 0.717) is 13.1 Å². The molecule has 0 spiro atoms. The first-order valence-electron chi connectivity index (χ1n) is 6.29. The van der Waals surface area contributed by atoms with Gasteiger partial charge in [-0.3, -0.25) is 4.98 Å². The van der Waals surface area contributed by atoms with Crippen molar-refractivity contribution >= 4 is 15.7 Å². The molecule has 0 bridgehead atoms. The summed E-state index contributed by atoms with van der Waals surface area (Å²) < 4.78 is 26.6. The van der Waals surface area contributed by atoms with Crippen molar-refractivity contribution in [3.63, 3.8) is 0 Å². The largest absolute Gasteiger partial charge is 0.398 e. The number of rotatable bonds is 5. The summed E-state index contributed by atoms with van der Waals surface area (Å²) in [6.07, 6.45) is 2.76. The van der Waals surface area contributed by atoms with Crippen molar-refractivity contribution in [2.45, 2.75) is 18.4 Å². The third kappa shape index (κ3) is 2.97. The summed E-state index contributed by atoms with van der Waals surface area (Å²) in [7, 11) is -3.63. The van der Waals surface area contributed by atoms with Crippen molar-refractivity contribution in [2.75, 3.05) is 12.3 Å². The van der Waals surface area contributed by atoms with Crippen molar-refractivity contribution < 1.29 is 8.42 Å². The number of nitrogens with two attached hydrogens (primary N) is 1. The molecule has 0 aliphatic rings. The molecule has 0 unspecified atom stereocenters. The molecule has 2 rings (SSSR count). The molecule has 0 atom stereocenters. The van der Waals surface area contributed by atoms with Gasteiger partial charge in [0.2, 0.25) is 10.0 Å². The average molecular weight is 291 g/mol. The van der Waals surface area contributed by atoms with Gasteiger partial charge in [0.1, 0.15) is 4.90 Å². The van der Waals surface area contributed by atoms with E-state index in [1.54, 1.807) is 6.92 Å². The van der Waals surface area contributed by atoms with Crippen molar-refractivity contribution in [1.29, 1.82) is 0 Å². The molecule has 6 heteroatoms. The molecule has 106 valence electrons. The van der Waals surface area contributed by atoms with Crippen LogP contribution in [0.1, 0.15) is 12.5 Å². The Hall–Kier alpha value is -1.92. The number of nitrogens with zero attached hydrogens (tertiary/aromatic N) is 2. The maximum absolute atomic E-state index is 12.6. The van der Waals surface area contributed by atoms with Crippen LogP contribution >= 0.6 is 0 Å². The minimum absolute atomic E-state index is 0.0535. The number of anilines is 1. The second-order valence-electron chi connectivity index (χ2n) is 4.33. The summed E-state index contributed by atoms with van der Waals surface area (Å²) in [4.78, 5) is 3.90. The highest BCUT2D eigenvalue weighted by atomic mass is 32.2. The molecule has 1 aromatic carbocycles. The standard InChI is InChI=1S/C14H17N3O2S/c1-2-17(11-12-6-4-3-5-7-12)20(18,19)14-10-16-9-8-13(14)15/h3-10H,2,11H2,1H3,(H2,15,16). The SMILES string of the molecule is CCN(Cc1ccccc1)S(=O)(=O)c1cnccc1N. The second-order valence-corrected chi connectivity index (χ2v) is 6.24. The summed E-state index contributed by atoms with van der Waals surface area (Å²) in [5.74, 6) is 0. The molecular weight excluding hydrogens is 274 g/mol. The normalized spacial score (nSPS) is 11.7. The molecule has 1 aromatic heterocycles. The maximum atomic E-state index is 12.6. The molecule has 1 heterocycles. The van der Waals surface area contributed by atoms with Gasteiger partial charge < -0.3 is 5.73 Å². The van der Waals surface area contributed by atoms with Crippen LogP contribution in [0.25, 0.3) is 0 Å². The number of hydrogen-bond donors (Lipinski definition) is 1. The predicted molar refractivity (Wildman–Crippen MR) is 78.4 cm³/mol. The highest BCUT2D eigenvalue weighted by Gasteiger charge is 2.25. The van der Waals surface area contributed by atoms with E-state index in [2.05, 4.69) is 4.98 Å². The summed E-state index contributed by atoms with van der Waals surface area (Å²) in [6, 6.07) is 10.9. The van der Waals surface area contributed by atoms with Gasteiger partial charge in [-0.25, -0.2) is 8.42 Å². The fraction of sp³-hybridized carbons (Fsp3) is 0.214. The number of hydrogen-bond acceptors (Lipinski definition) is 4. The van der Waals surface area contributed by atoms with Crippen LogP contribution in [0.4, 0.5) is 5.69 Å². The lowest BCUT2D eigenvalue weighted by Crippen LogP contribution is -2.31. The van der Waals surface area contributed by atoms with E-state index < -0.39 is 10.0 Å². The van der Waals surface area contributed by atoms with Crippen LogP contribution < -0.4 is 5.73 Å². The lowest BCUT2D eigenvalue weighted by molar-refractivity contribution is 0.423. The van der Waals surface area contributed by atoms with Crippen LogP contribution in [0.15, 0.2) is 53.7 Å². The number of nitrogen functional groups attached to an aromatic ring is 1. The highest BCUT2D eigenvalue weighted by molar-refractivity contribution is 7.89. The van der Waals surface area contributed by atoms with Crippen LogP contribution in [0.2, 0.25) is 0 Å². The van der Waals surface area contributed by atoms with Crippen molar-refractivity contribution in [3.8, 4) is 0 Å². The molecular formula is C14H17N3O2S. The Balaban J connectivity index is 2.34. The second kappa shape index (κ2) is 6.02. The van der Waals surface area contributed by atoms with Crippen LogP contribution in [-0.4, -0.2) is 24.3 Å². The first kappa shape index (κ1) is 14.5. The van der Waals surface area contributed by atoms with E-state index in [-0.39, 0.29) is 10.6 Å². The van der Waals surface area contributed by atoms with Gasteiger partial charge in [0.25, 0.3) is 0 Å². The average Bonchev–Trinajstić information content (AvgIpc) is 2.46. The van der Waals surface area contributed by atoms with Crippen molar-refractivity contribution in [3.05, 3.63) is 54.4 Å². The van der Waals surface area contributed by atoms with Gasteiger partial charge in [-0.05, 0) is 11.6 Å². The topological polar surface area (TPSA) is 76.3 Å². The van der Waals surface area contributed by atoms with E-state index in [0.717, 1.165) is 5.56 Å². The summed E-state index contributed by atoms with van der Waals surface area (Å²) in [5.41, 5.74) is 6.89. The summed E-state index contributed by atoms with van der Waals surface area (Å²) >= 11 is 0. The van der Waals surface area contributed by atoms with E-state index in [9.17, 15) is 8.42 Å². The summed E-state index contributed by atoms with van der Waals surface area (Å²) in [6.45, 7) is 2.48. The monoisotopic (exact) mass is 291 g/mol. The van der Waals surface area contributed by atoms with Gasteiger partial charge in [0, 0.05) is 25.5 Å². The molecule has 0 amide bonds. The number of aromatic nitrogens is 1. The Bertz CT molecular complexity index is 672. The number of benzene rings is 1. The van der Waals surface area contributed by atoms with Gasteiger partial charge in [0.05, 0.1) is 5.69 Å². The summed E-state index contributed by atoms with van der Waals surface area (Å²) in [5, 5.41) is 0. The fourth-order valence-corrected chi connectivity index (χ4v) is 3.40. The first-order chi connectivity index (χ1) is 9.55. The van der Waals surface area contributed by atoms with Crippen LogP contribution in [0.3, 0.4) is 0 Å². The van der Waals surface area contributed by atoms with Crippen LogP contribution in [-0.2, 0) is 16.6 Å². The molecule has 0 radical (unpaired) electrons. The third-order valence-electron chi connectivity index (χ3n) is 2.99. The quantitative estimate of drug-likeness (QED) is 0.912. The van der Waals surface area contributed by atoms with E-state index in [1.807, 2.05) is 30.3 Å². The lowest BCUT2D eigenvalue weighted by atomic mass is 10.2. The number of sulfonamides is 1. The van der Waals surface area contributed by atoms with Crippen molar-refractivity contribution in [1.82, 2.24) is 9.29 Å². The lowest BCUT2D eigenvalue weighted by Gasteiger charge is -2.21. The molecule has 20 heavy (non-hydrogen) atoms. The van der Waals surface area contributed by atoms with Gasteiger partial charge in [-0.1, -0.05) is 37.3 Å². The smallest absolute Gasteiger partial charge is 0.246 e. The Kier molecular flexibility index (Phi) is 4.36. The molecule has 2 N–H and O–H groups in total. The Labute approximate surface area is 119 Å². The van der Waals surface area contributed by atoms with Crippen LogP contribution in [0.5, 0.6) is 0 Å². The predicted octanol–water partition coefficient (Wildman–Crippen LogP) is 1.87. The van der Waals surface area contributed by atoms with E-state index >= 15 is 0 Å².